The molecule has 0 radical (unpaired) electrons. The fourth-order valence-electron chi connectivity index (χ4n) is 2.77. The molecule has 0 N–H and O–H groups in total. The molecule has 0 aliphatic carbocycles. The van der Waals surface area contributed by atoms with Crippen molar-refractivity contribution >= 4 is 54.0 Å². The summed E-state index contributed by atoms with van der Waals surface area (Å²) in [6.45, 7) is 0. The third-order valence-electron chi connectivity index (χ3n) is 3.90. The molecule has 0 spiro atoms. The van der Waals surface area contributed by atoms with Crippen molar-refractivity contribution < 1.29 is 0 Å². The first-order chi connectivity index (χ1) is 10.8. The molecular weight excluding hydrogens is 324 g/mol. The topological polar surface area (TPSA) is 0 Å². The van der Waals surface area contributed by atoms with Crippen molar-refractivity contribution in [1.82, 2.24) is 0 Å². The maximum Gasteiger partial charge on any atom is 0.0355 e. The van der Waals surface area contributed by atoms with Gasteiger partial charge in [-0.1, -0.05) is 59.3 Å². The number of fused-ring (bicyclic) bond motifs is 3. The SMILES string of the molecule is SSCc1ccc(-c2ccc3sc4ccccc4c3c2)cc1. The fourth-order valence-corrected chi connectivity index (χ4v) is 4.65. The van der Waals surface area contributed by atoms with E-state index >= 15 is 0 Å². The van der Waals surface area contributed by atoms with Crippen molar-refractivity contribution in [2.75, 3.05) is 0 Å². The van der Waals surface area contributed by atoms with Gasteiger partial charge in [0.2, 0.25) is 0 Å². The number of thiophene rings is 1. The molecule has 0 atom stereocenters. The van der Waals surface area contributed by atoms with Crippen LogP contribution in [0.25, 0.3) is 31.3 Å². The van der Waals surface area contributed by atoms with Gasteiger partial charge in [-0.2, -0.15) is 0 Å². The molecule has 0 nitrogen and oxygen atoms in total. The number of benzene rings is 3. The molecule has 0 unspecified atom stereocenters. The van der Waals surface area contributed by atoms with E-state index in [1.165, 1.54) is 36.9 Å². The van der Waals surface area contributed by atoms with Crippen LogP contribution in [0.4, 0.5) is 0 Å². The minimum atomic E-state index is 0.942. The second kappa shape index (κ2) is 5.99. The molecule has 0 amide bonds. The van der Waals surface area contributed by atoms with Gasteiger partial charge in [0, 0.05) is 25.9 Å². The van der Waals surface area contributed by atoms with Crippen molar-refractivity contribution in [2.24, 2.45) is 0 Å². The van der Waals surface area contributed by atoms with Crippen LogP contribution in [0.3, 0.4) is 0 Å². The van der Waals surface area contributed by atoms with Crippen molar-refractivity contribution in [1.29, 1.82) is 0 Å². The molecule has 1 aromatic heterocycles. The minimum absolute atomic E-state index is 0.942. The van der Waals surface area contributed by atoms with Gasteiger partial charge >= 0.3 is 0 Å². The second-order valence-electron chi connectivity index (χ2n) is 5.28. The summed E-state index contributed by atoms with van der Waals surface area (Å²) < 4.78 is 2.71. The molecule has 4 aromatic rings. The maximum absolute atomic E-state index is 4.21. The average Bonchev–Trinajstić information content (AvgIpc) is 2.94. The summed E-state index contributed by atoms with van der Waals surface area (Å²) in [5, 5.41) is 2.71. The zero-order valence-electron chi connectivity index (χ0n) is 11.8. The normalized spacial score (nSPS) is 11.3. The third kappa shape index (κ3) is 2.54. The summed E-state index contributed by atoms with van der Waals surface area (Å²) in [4.78, 5) is 0. The van der Waals surface area contributed by atoms with Gasteiger partial charge in [0.15, 0.2) is 0 Å². The van der Waals surface area contributed by atoms with Crippen LogP contribution in [0.5, 0.6) is 0 Å². The maximum atomic E-state index is 4.21. The van der Waals surface area contributed by atoms with Crippen LogP contribution in [0.2, 0.25) is 0 Å². The molecule has 0 bridgehead atoms. The quantitative estimate of drug-likeness (QED) is 0.316. The molecule has 0 aliphatic rings. The highest BCUT2D eigenvalue weighted by Crippen LogP contribution is 2.36. The molecule has 3 heteroatoms. The molecule has 0 saturated carbocycles. The predicted molar refractivity (Wildman–Crippen MR) is 105 cm³/mol. The van der Waals surface area contributed by atoms with Gasteiger partial charge in [-0.05, 0) is 34.9 Å². The Hall–Kier alpha value is -1.42. The Morgan fingerprint density at radius 2 is 1.50 bits per heavy atom. The van der Waals surface area contributed by atoms with Crippen LogP contribution in [-0.4, -0.2) is 0 Å². The summed E-state index contributed by atoms with van der Waals surface area (Å²) in [7, 11) is 1.56. The molecule has 3 aromatic carbocycles. The first kappa shape index (κ1) is 14.2. The highest BCUT2D eigenvalue weighted by molar-refractivity contribution is 8.68. The summed E-state index contributed by atoms with van der Waals surface area (Å²) in [6.07, 6.45) is 0. The number of rotatable bonds is 3. The van der Waals surface area contributed by atoms with Gasteiger partial charge in [0.05, 0.1) is 0 Å². The summed E-state index contributed by atoms with van der Waals surface area (Å²) in [5.74, 6) is 0.942. The third-order valence-corrected chi connectivity index (χ3v) is 5.90. The number of thiol groups is 1. The van der Waals surface area contributed by atoms with Crippen molar-refractivity contribution in [3.63, 3.8) is 0 Å². The van der Waals surface area contributed by atoms with Crippen LogP contribution in [0.1, 0.15) is 5.56 Å². The largest absolute Gasteiger partial charge is 0.135 e. The van der Waals surface area contributed by atoms with Gasteiger partial charge in [-0.3, -0.25) is 0 Å². The minimum Gasteiger partial charge on any atom is -0.135 e. The Kier molecular flexibility index (Phi) is 3.87. The van der Waals surface area contributed by atoms with E-state index in [1.54, 1.807) is 10.8 Å². The highest BCUT2D eigenvalue weighted by atomic mass is 33.1. The van der Waals surface area contributed by atoms with Crippen molar-refractivity contribution in [3.05, 3.63) is 72.3 Å². The molecule has 0 fully saturated rings. The van der Waals surface area contributed by atoms with Crippen molar-refractivity contribution in [2.45, 2.75) is 5.75 Å². The fraction of sp³-hybridized carbons (Fsp3) is 0.0526. The van der Waals surface area contributed by atoms with E-state index in [0.29, 0.717) is 0 Å². The predicted octanol–water partition coefficient (Wildman–Crippen LogP) is 6.80. The Bertz CT molecular complexity index is 936. The summed E-state index contributed by atoms with van der Waals surface area (Å²) >= 11 is 6.08. The van der Waals surface area contributed by atoms with E-state index in [9.17, 15) is 0 Å². The van der Waals surface area contributed by atoms with Gasteiger partial charge in [-0.15, -0.1) is 23.0 Å². The first-order valence-electron chi connectivity index (χ1n) is 7.12. The van der Waals surface area contributed by atoms with Crippen LogP contribution in [0.15, 0.2) is 66.7 Å². The standard InChI is InChI=1S/C19H14S3/c20-21-12-13-5-7-14(8-6-13)15-9-10-19-17(11-15)16-3-1-2-4-18(16)22-19/h1-11,20H,12H2. The van der Waals surface area contributed by atoms with E-state index in [0.717, 1.165) is 5.75 Å². The van der Waals surface area contributed by atoms with Crippen LogP contribution < -0.4 is 0 Å². The lowest BCUT2D eigenvalue weighted by Crippen LogP contribution is -1.81. The van der Waals surface area contributed by atoms with Crippen LogP contribution >= 0.6 is 33.8 Å². The van der Waals surface area contributed by atoms with E-state index in [1.807, 2.05) is 11.3 Å². The Balaban J connectivity index is 1.83. The van der Waals surface area contributed by atoms with Gasteiger partial charge in [0.1, 0.15) is 0 Å². The lowest BCUT2D eigenvalue weighted by atomic mass is 10.0. The molecule has 22 heavy (non-hydrogen) atoms. The monoisotopic (exact) mass is 338 g/mol. The zero-order valence-corrected chi connectivity index (χ0v) is 14.3. The zero-order chi connectivity index (χ0) is 14.9. The highest BCUT2D eigenvalue weighted by Gasteiger charge is 2.06. The molecule has 1 heterocycles. The van der Waals surface area contributed by atoms with Crippen molar-refractivity contribution in [3.8, 4) is 11.1 Å². The second-order valence-corrected chi connectivity index (χ2v) is 7.68. The molecule has 4 rings (SSSR count). The van der Waals surface area contributed by atoms with Crippen LogP contribution in [0, 0.1) is 0 Å². The Labute approximate surface area is 143 Å². The van der Waals surface area contributed by atoms with Gasteiger partial charge < -0.3 is 0 Å². The van der Waals surface area contributed by atoms with Crippen LogP contribution in [-0.2, 0) is 5.75 Å². The van der Waals surface area contributed by atoms with Gasteiger partial charge in [-0.25, -0.2) is 0 Å². The summed E-state index contributed by atoms with van der Waals surface area (Å²) in [6, 6.07) is 24.2. The van der Waals surface area contributed by atoms with E-state index < -0.39 is 0 Å². The number of hydrogen-bond acceptors (Lipinski definition) is 3. The Morgan fingerprint density at radius 1 is 0.773 bits per heavy atom. The number of hydrogen-bond donors (Lipinski definition) is 1. The molecule has 0 aliphatic heterocycles. The smallest absolute Gasteiger partial charge is 0.0355 e. The average molecular weight is 339 g/mol. The molecular formula is C19H14S3. The lowest BCUT2D eigenvalue weighted by Gasteiger charge is -2.04. The molecule has 108 valence electrons. The Morgan fingerprint density at radius 3 is 2.32 bits per heavy atom. The summed E-state index contributed by atoms with van der Waals surface area (Å²) in [5.41, 5.74) is 3.86. The van der Waals surface area contributed by atoms with E-state index in [-0.39, 0.29) is 0 Å². The lowest BCUT2D eigenvalue weighted by molar-refractivity contribution is 1.43. The van der Waals surface area contributed by atoms with E-state index in [4.69, 9.17) is 0 Å². The van der Waals surface area contributed by atoms with Gasteiger partial charge in [0.25, 0.3) is 0 Å². The molecule has 0 saturated heterocycles. The first-order valence-corrected chi connectivity index (χ1v) is 9.97. The van der Waals surface area contributed by atoms with E-state index in [2.05, 4.69) is 78.4 Å².